The van der Waals surface area contributed by atoms with Gasteiger partial charge in [0.25, 0.3) is 0 Å². The molecule has 1 atom stereocenters. The van der Waals surface area contributed by atoms with Crippen LogP contribution in [0.15, 0.2) is 24.1 Å². The molecule has 4 heteroatoms. The average Bonchev–Trinajstić information content (AvgIpc) is 2.85. The van der Waals surface area contributed by atoms with Crippen LogP contribution < -0.4 is 0 Å². The highest BCUT2D eigenvalue weighted by Crippen LogP contribution is 2.36. The van der Waals surface area contributed by atoms with Crippen LogP contribution in [-0.2, 0) is 11.2 Å². The number of rotatable bonds is 5. The summed E-state index contributed by atoms with van der Waals surface area (Å²) in [6.45, 7) is 4.57. The zero-order valence-corrected chi connectivity index (χ0v) is 11.3. The third-order valence-corrected chi connectivity index (χ3v) is 4.38. The van der Waals surface area contributed by atoms with Gasteiger partial charge in [0, 0.05) is 18.0 Å². The number of hydrogen-bond donors (Lipinski definition) is 1. The molecule has 0 radical (unpaired) electrons. The van der Waals surface area contributed by atoms with Gasteiger partial charge in [-0.25, -0.2) is 0 Å². The summed E-state index contributed by atoms with van der Waals surface area (Å²) in [5.41, 5.74) is 1.20. The lowest BCUT2D eigenvalue weighted by Crippen LogP contribution is -2.38. The predicted octanol–water partition coefficient (Wildman–Crippen LogP) is 2.17. The van der Waals surface area contributed by atoms with E-state index in [2.05, 4.69) is 18.0 Å². The van der Waals surface area contributed by atoms with E-state index in [9.17, 15) is 4.79 Å². The van der Waals surface area contributed by atoms with Crippen molar-refractivity contribution in [3.05, 3.63) is 34.5 Å². The Labute approximate surface area is 112 Å². The van der Waals surface area contributed by atoms with Crippen LogP contribution in [0.2, 0.25) is 0 Å². The summed E-state index contributed by atoms with van der Waals surface area (Å²) in [4.78, 5) is 15.6. The van der Waals surface area contributed by atoms with Gasteiger partial charge in [-0.2, -0.15) is 0 Å². The Morgan fingerprint density at radius 2 is 2.50 bits per heavy atom. The molecule has 1 aliphatic carbocycles. The Hall–Kier alpha value is -1.13. The van der Waals surface area contributed by atoms with Crippen molar-refractivity contribution in [1.82, 2.24) is 4.90 Å². The molecule has 1 aromatic rings. The van der Waals surface area contributed by atoms with Crippen LogP contribution in [-0.4, -0.2) is 35.6 Å². The fourth-order valence-corrected chi connectivity index (χ4v) is 3.52. The molecule has 2 rings (SSSR count). The van der Waals surface area contributed by atoms with Crippen LogP contribution in [0.5, 0.6) is 0 Å². The molecular weight excluding hydrogens is 246 g/mol. The van der Waals surface area contributed by atoms with Gasteiger partial charge in [-0.05, 0) is 36.3 Å². The van der Waals surface area contributed by atoms with Crippen molar-refractivity contribution in [1.29, 1.82) is 0 Å². The molecule has 3 nitrogen and oxygen atoms in total. The number of carbonyl (C=O) groups excluding carboxylic acids is 1. The third-order valence-electron chi connectivity index (χ3n) is 3.38. The monoisotopic (exact) mass is 265 g/mol. The van der Waals surface area contributed by atoms with Crippen molar-refractivity contribution in [2.24, 2.45) is 0 Å². The first kappa shape index (κ1) is 13.3. The van der Waals surface area contributed by atoms with Gasteiger partial charge in [0.1, 0.15) is 0 Å². The molecule has 0 fully saturated rings. The molecule has 0 aromatic carbocycles. The molecule has 1 N–H and O–H groups in total. The number of hydrogen-bond acceptors (Lipinski definition) is 3. The summed E-state index contributed by atoms with van der Waals surface area (Å²) in [5, 5.41) is 11.1. The van der Waals surface area contributed by atoms with Crippen LogP contribution >= 0.6 is 11.3 Å². The Balaban J connectivity index is 2.16. The van der Waals surface area contributed by atoms with E-state index in [1.807, 2.05) is 0 Å². The predicted molar refractivity (Wildman–Crippen MR) is 73.9 cm³/mol. The molecule has 0 spiro atoms. The minimum Gasteiger partial charge on any atom is -0.395 e. The first-order valence-electron chi connectivity index (χ1n) is 6.34. The van der Waals surface area contributed by atoms with E-state index in [-0.39, 0.29) is 18.4 Å². The van der Waals surface area contributed by atoms with Crippen molar-refractivity contribution in [2.45, 2.75) is 25.2 Å². The first-order chi connectivity index (χ1) is 8.77. The number of aliphatic hydroxyl groups is 1. The van der Waals surface area contributed by atoms with Crippen molar-refractivity contribution >= 4 is 17.2 Å². The summed E-state index contributed by atoms with van der Waals surface area (Å²) in [6.07, 6.45) is 4.80. The lowest BCUT2D eigenvalue weighted by molar-refractivity contribution is -0.133. The van der Waals surface area contributed by atoms with Gasteiger partial charge in [0.15, 0.2) is 0 Å². The highest BCUT2D eigenvalue weighted by atomic mass is 32.1. The molecule has 1 heterocycles. The van der Waals surface area contributed by atoms with Crippen LogP contribution in [0.1, 0.15) is 29.2 Å². The fraction of sp³-hybridized carbons (Fsp3) is 0.500. The van der Waals surface area contributed by atoms with Crippen LogP contribution in [0.4, 0.5) is 0 Å². The van der Waals surface area contributed by atoms with Crippen LogP contribution in [0.25, 0.3) is 0 Å². The lowest BCUT2D eigenvalue weighted by atomic mass is 9.86. The molecule has 1 aromatic heterocycles. The molecule has 18 heavy (non-hydrogen) atoms. The molecule has 0 saturated heterocycles. The highest BCUT2D eigenvalue weighted by Gasteiger charge is 2.29. The van der Waals surface area contributed by atoms with Crippen molar-refractivity contribution in [2.75, 3.05) is 19.7 Å². The van der Waals surface area contributed by atoms with Gasteiger partial charge in [0.05, 0.1) is 12.5 Å². The van der Waals surface area contributed by atoms with Gasteiger partial charge in [0.2, 0.25) is 5.91 Å². The molecule has 0 bridgehead atoms. The smallest absolute Gasteiger partial charge is 0.230 e. The molecule has 1 aliphatic rings. The standard InChI is InChI=1S/C14H19NO2S/c1-2-7-15(8-9-16)14(17)12-4-3-5-13-11(12)6-10-18-13/h2,6,10,12,16H,1,3-5,7-9H2. The number of amides is 1. The van der Waals surface area contributed by atoms with E-state index in [1.165, 1.54) is 10.4 Å². The van der Waals surface area contributed by atoms with Crippen molar-refractivity contribution < 1.29 is 9.90 Å². The molecule has 0 aliphatic heterocycles. The normalized spacial score (nSPS) is 18.2. The van der Waals surface area contributed by atoms with Gasteiger partial charge in [-0.1, -0.05) is 6.08 Å². The maximum atomic E-state index is 12.5. The second kappa shape index (κ2) is 6.16. The third kappa shape index (κ3) is 2.65. The van der Waals surface area contributed by atoms with Gasteiger partial charge < -0.3 is 10.0 Å². The average molecular weight is 265 g/mol. The van der Waals surface area contributed by atoms with Crippen LogP contribution in [0, 0.1) is 0 Å². The van der Waals surface area contributed by atoms with Gasteiger partial charge >= 0.3 is 0 Å². The number of fused-ring (bicyclic) bond motifs is 1. The molecule has 1 unspecified atom stereocenters. The number of carbonyl (C=O) groups is 1. The van der Waals surface area contributed by atoms with E-state index in [4.69, 9.17) is 5.11 Å². The minimum absolute atomic E-state index is 0.00277. The Morgan fingerprint density at radius 3 is 3.22 bits per heavy atom. The lowest BCUT2D eigenvalue weighted by Gasteiger charge is -2.28. The van der Waals surface area contributed by atoms with E-state index in [1.54, 1.807) is 22.3 Å². The molecule has 0 saturated carbocycles. The van der Waals surface area contributed by atoms with E-state index in [0.717, 1.165) is 19.3 Å². The Morgan fingerprint density at radius 1 is 1.67 bits per heavy atom. The minimum atomic E-state index is -0.0218. The largest absolute Gasteiger partial charge is 0.395 e. The number of thiophene rings is 1. The van der Waals surface area contributed by atoms with Crippen molar-refractivity contribution in [3.63, 3.8) is 0 Å². The quantitative estimate of drug-likeness (QED) is 0.829. The molecule has 1 amide bonds. The van der Waals surface area contributed by atoms with E-state index >= 15 is 0 Å². The maximum Gasteiger partial charge on any atom is 0.230 e. The number of nitrogens with zero attached hydrogens (tertiary/aromatic N) is 1. The molecule has 98 valence electrons. The van der Waals surface area contributed by atoms with Crippen LogP contribution in [0.3, 0.4) is 0 Å². The van der Waals surface area contributed by atoms with Gasteiger partial charge in [-0.15, -0.1) is 17.9 Å². The van der Waals surface area contributed by atoms with Gasteiger partial charge in [-0.3, -0.25) is 4.79 Å². The first-order valence-corrected chi connectivity index (χ1v) is 7.22. The summed E-state index contributed by atoms with van der Waals surface area (Å²) >= 11 is 1.74. The van der Waals surface area contributed by atoms with E-state index in [0.29, 0.717) is 13.1 Å². The fourth-order valence-electron chi connectivity index (χ4n) is 2.53. The summed E-state index contributed by atoms with van der Waals surface area (Å²) in [5.74, 6) is 0.106. The highest BCUT2D eigenvalue weighted by molar-refractivity contribution is 7.10. The number of aryl methyl sites for hydroxylation is 1. The second-order valence-corrected chi connectivity index (χ2v) is 5.54. The molecular formula is C14H19NO2S. The maximum absolute atomic E-state index is 12.5. The Bertz CT molecular complexity index is 427. The second-order valence-electron chi connectivity index (χ2n) is 4.54. The summed E-state index contributed by atoms with van der Waals surface area (Å²) in [7, 11) is 0. The van der Waals surface area contributed by atoms with E-state index < -0.39 is 0 Å². The van der Waals surface area contributed by atoms with Crippen molar-refractivity contribution in [3.8, 4) is 0 Å². The summed E-state index contributed by atoms with van der Waals surface area (Å²) in [6, 6.07) is 2.08. The zero-order valence-electron chi connectivity index (χ0n) is 10.5. The zero-order chi connectivity index (χ0) is 13.0. The topological polar surface area (TPSA) is 40.5 Å². The SMILES string of the molecule is C=CCN(CCO)C(=O)C1CCCc2sccc21. The Kier molecular flexibility index (Phi) is 4.55. The number of aliphatic hydroxyl groups excluding tert-OH is 1. The summed E-state index contributed by atoms with van der Waals surface area (Å²) < 4.78 is 0.